The second kappa shape index (κ2) is 5.06. The van der Waals surface area contributed by atoms with Crippen LogP contribution in [-0.2, 0) is 4.79 Å². The summed E-state index contributed by atoms with van der Waals surface area (Å²) in [7, 11) is 0. The molecule has 2 heterocycles. The van der Waals surface area contributed by atoms with Crippen molar-refractivity contribution in [2.24, 2.45) is 5.41 Å². The molecule has 1 atom stereocenters. The van der Waals surface area contributed by atoms with Crippen LogP contribution in [0.25, 0.3) is 0 Å². The fourth-order valence-electron chi connectivity index (χ4n) is 2.41. The van der Waals surface area contributed by atoms with Crippen LogP contribution >= 0.6 is 11.3 Å². The van der Waals surface area contributed by atoms with Gasteiger partial charge in [-0.3, -0.25) is 4.79 Å². The fraction of sp³-hybridized carbons (Fsp3) is 0.583. The van der Waals surface area contributed by atoms with Gasteiger partial charge in [0.15, 0.2) is 0 Å². The third-order valence-corrected chi connectivity index (χ3v) is 4.25. The molecule has 1 unspecified atom stereocenters. The van der Waals surface area contributed by atoms with Gasteiger partial charge in [-0.05, 0) is 26.2 Å². The van der Waals surface area contributed by atoms with Gasteiger partial charge in [-0.2, -0.15) is 0 Å². The summed E-state index contributed by atoms with van der Waals surface area (Å²) in [6.07, 6.45) is 3.75. The summed E-state index contributed by atoms with van der Waals surface area (Å²) in [6.45, 7) is 6.92. The number of hydrogen-bond acceptors (Lipinski definition) is 5. The Hall–Kier alpha value is -1.43. The highest BCUT2D eigenvalue weighted by Crippen LogP contribution is 2.36. The van der Waals surface area contributed by atoms with E-state index in [0.29, 0.717) is 19.4 Å². The summed E-state index contributed by atoms with van der Waals surface area (Å²) in [6, 6.07) is 0. The summed E-state index contributed by atoms with van der Waals surface area (Å²) in [5, 5.41) is 19.3. The molecule has 98 valence electrons. The van der Waals surface area contributed by atoms with Crippen LogP contribution in [0.5, 0.6) is 0 Å². The van der Waals surface area contributed by atoms with Gasteiger partial charge in [0.2, 0.25) is 5.13 Å². The van der Waals surface area contributed by atoms with Gasteiger partial charge in [0.05, 0.1) is 5.41 Å². The minimum Gasteiger partial charge on any atom is -0.481 e. The van der Waals surface area contributed by atoms with Gasteiger partial charge in [0.25, 0.3) is 0 Å². The third kappa shape index (κ3) is 2.38. The van der Waals surface area contributed by atoms with Crippen LogP contribution in [0.1, 0.15) is 24.3 Å². The van der Waals surface area contributed by atoms with Gasteiger partial charge < -0.3 is 10.0 Å². The number of carbonyl (C=O) groups is 1. The number of hydrogen-bond donors (Lipinski definition) is 1. The molecule has 0 spiro atoms. The molecule has 5 nitrogen and oxygen atoms in total. The van der Waals surface area contributed by atoms with E-state index in [0.717, 1.165) is 23.1 Å². The van der Waals surface area contributed by atoms with Gasteiger partial charge in [0.1, 0.15) is 5.01 Å². The zero-order valence-electron chi connectivity index (χ0n) is 10.4. The average Bonchev–Trinajstić information content (AvgIpc) is 2.76. The van der Waals surface area contributed by atoms with E-state index in [-0.39, 0.29) is 0 Å². The number of piperidine rings is 1. The lowest BCUT2D eigenvalue weighted by atomic mass is 9.77. The van der Waals surface area contributed by atoms with Crippen molar-refractivity contribution in [3.8, 4) is 0 Å². The lowest BCUT2D eigenvalue weighted by Crippen LogP contribution is -2.47. The van der Waals surface area contributed by atoms with Gasteiger partial charge in [0, 0.05) is 13.1 Å². The van der Waals surface area contributed by atoms with Crippen LogP contribution in [0.4, 0.5) is 5.13 Å². The summed E-state index contributed by atoms with van der Waals surface area (Å²) >= 11 is 1.51. The molecule has 0 aromatic carbocycles. The van der Waals surface area contributed by atoms with E-state index in [9.17, 15) is 9.90 Å². The van der Waals surface area contributed by atoms with Crippen molar-refractivity contribution < 1.29 is 9.90 Å². The van der Waals surface area contributed by atoms with Crippen molar-refractivity contribution in [3.63, 3.8) is 0 Å². The van der Waals surface area contributed by atoms with Crippen LogP contribution in [0.15, 0.2) is 12.7 Å². The first-order valence-electron chi connectivity index (χ1n) is 5.97. The Balaban J connectivity index is 2.21. The maximum atomic E-state index is 11.5. The molecule has 0 aliphatic carbocycles. The lowest BCUT2D eigenvalue weighted by molar-refractivity contribution is -0.149. The molecule has 1 N–H and O–H groups in total. The van der Waals surface area contributed by atoms with Gasteiger partial charge >= 0.3 is 5.97 Å². The van der Waals surface area contributed by atoms with Gasteiger partial charge in [-0.1, -0.05) is 17.4 Å². The summed E-state index contributed by atoms with van der Waals surface area (Å²) in [5.74, 6) is -0.742. The zero-order valence-corrected chi connectivity index (χ0v) is 11.2. The molecule has 0 amide bonds. The van der Waals surface area contributed by atoms with Crippen LogP contribution in [-0.4, -0.2) is 34.4 Å². The molecule has 0 bridgehead atoms. The highest BCUT2D eigenvalue weighted by molar-refractivity contribution is 7.15. The number of allylic oxidation sites excluding steroid dienone is 1. The highest BCUT2D eigenvalue weighted by Gasteiger charge is 2.42. The first kappa shape index (κ1) is 13.0. The number of anilines is 1. The van der Waals surface area contributed by atoms with Gasteiger partial charge in [-0.15, -0.1) is 16.8 Å². The summed E-state index contributed by atoms with van der Waals surface area (Å²) < 4.78 is 0. The summed E-state index contributed by atoms with van der Waals surface area (Å²) in [4.78, 5) is 13.6. The van der Waals surface area contributed by atoms with Crippen molar-refractivity contribution in [1.82, 2.24) is 10.2 Å². The summed E-state index contributed by atoms with van der Waals surface area (Å²) in [5.41, 5.74) is -0.723. The molecule has 1 aromatic rings. The van der Waals surface area contributed by atoms with E-state index in [1.165, 1.54) is 11.3 Å². The number of aliphatic carboxylic acids is 1. The lowest BCUT2D eigenvalue weighted by Gasteiger charge is -2.39. The van der Waals surface area contributed by atoms with Crippen molar-refractivity contribution in [1.29, 1.82) is 0 Å². The first-order chi connectivity index (χ1) is 8.57. The molecule has 18 heavy (non-hydrogen) atoms. The third-order valence-electron chi connectivity index (χ3n) is 3.35. The highest BCUT2D eigenvalue weighted by atomic mass is 32.1. The van der Waals surface area contributed by atoms with E-state index >= 15 is 0 Å². The van der Waals surface area contributed by atoms with E-state index in [2.05, 4.69) is 16.8 Å². The van der Waals surface area contributed by atoms with E-state index in [1.807, 2.05) is 11.8 Å². The number of nitrogens with zero attached hydrogens (tertiary/aromatic N) is 3. The smallest absolute Gasteiger partial charge is 0.311 e. The minimum absolute atomic E-state index is 0.489. The molecule has 1 aliphatic rings. The Morgan fingerprint density at radius 1 is 1.67 bits per heavy atom. The minimum atomic E-state index is -0.742. The molecule has 2 rings (SSSR count). The first-order valence-corrected chi connectivity index (χ1v) is 6.78. The van der Waals surface area contributed by atoms with E-state index in [4.69, 9.17) is 0 Å². The molecule has 1 aromatic heterocycles. The van der Waals surface area contributed by atoms with Crippen LogP contribution in [0, 0.1) is 12.3 Å². The predicted octanol–water partition coefficient (Wildman–Crippen LogP) is 2.09. The monoisotopic (exact) mass is 267 g/mol. The molecular formula is C12H17N3O2S. The van der Waals surface area contributed by atoms with Crippen molar-refractivity contribution in [2.75, 3.05) is 18.0 Å². The fourth-order valence-corrected chi connectivity index (χ4v) is 3.13. The molecule has 0 radical (unpaired) electrons. The number of carboxylic acids is 1. The van der Waals surface area contributed by atoms with E-state index in [1.54, 1.807) is 6.08 Å². The molecular weight excluding hydrogens is 250 g/mol. The number of rotatable bonds is 4. The molecule has 1 saturated heterocycles. The Kier molecular flexibility index (Phi) is 3.65. The standard InChI is InChI=1S/C12H17N3O2S/c1-3-5-12(10(16)17)6-4-7-15(8-12)11-14-13-9(2)18-11/h3H,1,4-8H2,2H3,(H,16,17). The molecule has 0 saturated carbocycles. The van der Waals surface area contributed by atoms with E-state index < -0.39 is 11.4 Å². The quantitative estimate of drug-likeness (QED) is 0.846. The second-order valence-electron chi connectivity index (χ2n) is 4.71. The van der Waals surface area contributed by atoms with Crippen molar-refractivity contribution in [2.45, 2.75) is 26.2 Å². The number of aromatic nitrogens is 2. The Morgan fingerprint density at radius 3 is 3.00 bits per heavy atom. The normalized spacial score (nSPS) is 23.9. The number of carboxylic acid groups (broad SMARTS) is 1. The van der Waals surface area contributed by atoms with Gasteiger partial charge in [-0.25, -0.2) is 0 Å². The Labute approximate surface area is 110 Å². The second-order valence-corrected chi connectivity index (χ2v) is 5.87. The van der Waals surface area contributed by atoms with Crippen molar-refractivity contribution in [3.05, 3.63) is 17.7 Å². The largest absolute Gasteiger partial charge is 0.481 e. The van der Waals surface area contributed by atoms with Crippen LogP contribution in [0.3, 0.4) is 0 Å². The maximum absolute atomic E-state index is 11.5. The average molecular weight is 267 g/mol. The molecule has 1 fully saturated rings. The van der Waals surface area contributed by atoms with Crippen LogP contribution < -0.4 is 4.90 Å². The molecule has 6 heteroatoms. The zero-order chi connectivity index (χ0) is 13.2. The SMILES string of the molecule is C=CCC1(C(=O)O)CCCN(c2nnc(C)s2)C1. The van der Waals surface area contributed by atoms with Crippen LogP contribution in [0.2, 0.25) is 0 Å². The Morgan fingerprint density at radius 2 is 2.44 bits per heavy atom. The molecule has 1 aliphatic heterocycles. The maximum Gasteiger partial charge on any atom is 0.311 e. The number of aryl methyl sites for hydroxylation is 1. The predicted molar refractivity (Wildman–Crippen MR) is 71.0 cm³/mol. The topological polar surface area (TPSA) is 66.3 Å². The Bertz CT molecular complexity index is 460. The van der Waals surface area contributed by atoms with Crippen molar-refractivity contribution >= 4 is 22.4 Å².